The lowest BCUT2D eigenvalue weighted by atomic mass is 10.1. The van der Waals surface area contributed by atoms with Gasteiger partial charge in [-0.3, -0.25) is 25.0 Å². The molecule has 1 N–H and O–H groups in total. The number of amides is 1. The van der Waals surface area contributed by atoms with Crippen molar-refractivity contribution >= 4 is 35.1 Å². The highest BCUT2D eigenvalue weighted by atomic mass is 32.2. The van der Waals surface area contributed by atoms with Crippen LogP contribution in [0.5, 0.6) is 5.75 Å². The zero-order valence-corrected chi connectivity index (χ0v) is 12.2. The summed E-state index contributed by atoms with van der Waals surface area (Å²) in [4.78, 5) is 33.7. The van der Waals surface area contributed by atoms with Crippen LogP contribution >= 0.6 is 11.8 Å². The van der Waals surface area contributed by atoms with Crippen LogP contribution in [0, 0.1) is 20.2 Å². The first-order chi connectivity index (χ1) is 10.3. The number of nitrogens with zero attached hydrogens (tertiary/aromatic N) is 3. The summed E-state index contributed by atoms with van der Waals surface area (Å²) >= 11 is 1.27. The van der Waals surface area contributed by atoms with E-state index in [9.17, 15) is 30.1 Å². The van der Waals surface area contributed by atoms with Gasteiger partial charge in [0.2, 0.25) is 0 Å². The largest absolute Gasteiger partial charge is 0.497 e. The third kappa shape index (κ3) is 3.01. The molecule has 2 rings (SSSR count). The molecule has 1 heterocycles. The second kappa shape index (κ2) is 6.02. The predicted octanol–water partition coefficient (Wildman–Crippen LogP) is 1.75. The highest BCUT2D eigenvalue weighted by Crippen LogP contribution is 2.38. The van der Waals surface area contributed by atoms with Crippen molar-refractivity contribution in [1.82, 2.24) is 4.90 Å². The van der Waals surface area contributed by atoms with Gasteiger partial charge < -0.3 is 10.0 Å². The Morgan fingerprint density at radius 1 is 1.27 bits per heavy atom. The van der Waals surface area contributed by atoms with Gasteiger partial charge in [-0.05, 0) is 11.6 Å². The topological polar surface area (TPSA) is 127 Å². The molecule has 0 aliphatic carbocycles. The molecule has 10 heteroatoms. The average Bonchev–Trinajstić information content (AvgIpc) is 2.44. The van der Waals surface area contributed by atoms with Crippen LogP contribution in [0.25, 0.3) is 6.08 Å². The Morgan fingerprint density at radius 3 is 2.32 bits per heavy atom. The Kier molecular flexibility index (Phi) is 4.31. The van der Waals surface area contributed by atoms with Crippen LogP contribution in [0.3, 0.4) is 0 Å². The van der Waals surface area contributed by atoms with Gasteiger partial charge in [-0.1, -0.05) is 0 Å². The summed E-state index contributed by atoms with van der Waals surface area (Å²) in [6.45, 7) is 0.580. The number of carbonyl (C=O) groups is 1. The molecule has 0 aromatic heterocycles. The summed E-state index contributed by atoms with van der Waals surface area (Å²) in [5.74, 6) is -0.595. The second-order valence-electron chi connectivity index (χ2n) is 4.51. The van der Waals surface area contributed by atoms with Crippen molar-refractivity contribution in [3.8, 4) is 5.75 Å². The van der Waals surface area contributed by atoms with Crippen LogP contribution in [0.15, 0.2) is 17.0 Å². The second-order valence-corrected chi connectivity index (χ2v) is 5.64. The molecule has 1 amide bonds. The quantitative estimate of drug-likeness (QED) is 0.509. The van der Waals surface area contributed by atoms with E-state index < -0.39 is 27.0 Å². The molecule has 0 bridgehead atoms. The van der Waals surface area contributed by atoms with E-state index in [-0.39, 0.29) is 11.5 Å². The predicted molar refractivity (Wildman–Crippen MR) is 79.5 cm³/mol. The van der Waals surface area contributed by atoms with Crippen molar-refractivity contribution in [3.63, 3.8) is 0 Å². The van der Waals surface area contributed by atoms with Crippen molar-refractivity contribution < 1.29 is 19.7 Å². The average molecular weight is 325 g/mol. The summed E-state index contributed by atoms with van der Waals surface area (Å²) in [7, 11) is 1.62. The van der Waals surface area contributed by atoms with Gasteiger partial charge in [0.15, 0.2) is 0 Å². The molecule has 1 aliphatic heterocycles. The van der Waals surface area contributed by atoms with Crippen LogP contribution in [0.4, 0.5) is 11.4 Å². The maximum Gasteiger partial charge on any atom is 0.318 e. The molecule has 0 atom stereocenters. The van der Waals surface area contributed by atoms with Crippen LogP contribution in [0.2, 0.25) is 0 Å². The first kappa shape index (κ1) is 15.8. The molecule has 1 aromatic rings. The van der Waals surface area contributed by atoms with E-state index in [2.05, 4.69) is 0 Å². The summed E-state index contributed by atoms with van der Waals surface area (Å²) < 4.78 is 0. The number of carbonyl (C=O) groups excluding carboxylic acids is 1. The lowest BCUT2D eigenvalue weighted by molar-refractivity contribution is -0.396. The number of nitro groups is 2. The number of hydrogen-bond acceptors (Lipinski definition) is 7. The number of phenolic OH excluding ortho intramolecular Hbond substituents is 1. The number of benzene rings is 1. The summed E-state index contributed by atoms with van der Waals surface area (Å²) in [5, 5.41) is 31.3. The molecule has 116 valence electrons. The monoisotopic (exact) mass is 325 g/mol. The standard InChI is InChI=1S/C12H11N3O6S/c1-13-2-3-22-10(12(13)17)6-7-4-8(14(18)19)11(16)9(5-7)15(20)21/h4-6,16H,2-3H2,1H3/b10-6+. The van der Waals surface area contributed by atoms with E-state index in [0.717, 1.165) is 12.1 Å². The number of rotatable bonds is 3. The minimum atomic E-state index is -1.00. The summed E-state index contributed by atoms with van der Waals surface area (Å²) in [6, 6.07) is 2.00. The van der Waals surface area contributed by atoms with Gasteiger partial charge in [-0.15, -0.1) is 11.8 Å². The SMILES string of the molecule is CN1CCS/C(=C/c2cc([N+](=O)[O-])c(O)c([N+](=O)[O-])c2)C1=O. The Balaban J connectivity index is 2.54. The first-order valence-electron chi connectivity index (χ1n) is 6.07. The number of nitro benzene ring substituents is 2. The molecule has 1 aromatic carbocycles. The molecular weight excluding hydrogens is 314 g/mol. The fraction of sp³-hybridized carbons (Fsp3) is 0.250. The zero-order chi connectivity index (χ0) is 16.4. The molecule has 0 radical (unpaired) electrons. The van der Waals surface area contributed by atoms with Gasteiger partial charge in [-0.2, -0.15) is 0 Å². The summed E-state index contributed by atoms with van der Waals surface area (Å²) in [5.41, 5.74) is -1.44. The minimum Gasteiger partial charge on any atom is -0.497 e. The number of thioether (sulfide) groups is 1. The Bertz CT molecular complexity index is 667. The zero-order valence-electron chi connectivity index (χ0n) is 11.4. The smallest absolute Gasteiger partial charge is 0.318 e. The van der Waals surface area contributed by atoms with Crippen LogP contribution in [-0.4, -0.2) is 45.1 Å². The highest BCUT2D eigenvalue weighted by Gasteiger charge is 2.27. The van der Waals surface area contributed by atoms with E-state index >= 15 is 0 Å². The molecule has 1 fully saturated rings. The van der Waals surface area contributed by atoms with E-state index in [1.807, 2.05) is 0 Å². The van der Waals surface area contributed by atoms with Crippen LogP contribution in [0.1, 0.15) is 5.56 Å². The maximum atomic E-state index is 12.0. The highest BCUT2D eigenvalue weighted by molar-refractivity contribution is 8.04. The van der Waals surface area contributed by atoms with Gasteiger partial charge in [0.1, 0.15) is 0 Å². The van der Waals surface area contributed by atoms with E-state index in [1.165, 1.54) is 22.7 Å². The van der Waals surface area contributed by atoms with Gasteiger partial charge >= 0.3 is 11.4 Å². The number of likely N-dealkylation sites (N-methyl/N-ethyl adjacent to an activating group) is 1. The minimum absolute atomic E-state index is 0.113. The molecule has 9 nitrogen and oxygen atoms in total. The van der Waals surface area contributed by atoms with Crippen LogP contribution < -0.4 is 0 Å². The number of aromatic hydroxyl groups is 1. The maximum absolute atomic E-state index is 12.0. The molecule has 0 spiro atoms. The Morgan fingerprint density at radius 2 is 1.82 bits per heavy atom. The number of phenols is 1. The Labute approximate surface area is 128 Å². The van der Waals surface area contributed by atoms with Gasteiger partial charge in [0.25, 0.3) is 11.7 Å². The number of hydrogen-bond donors (Lipinski definition) is 1. The molecule has 0 unspecified atom stereocenters. The third-order valence-electron chi connectivity index (χ3n) is 3.02. The molecule has 1 aliphatic rings. The van der Waals surface area contributed by atoms with Crippen molar-refractivity contribution in [2.75, 3.05) is 19.3 Å². The van der Waals surface area contributed by atoms with Crippen LogP contribution in [-0.2, 0) is 4.79 Å². The molecular formula is C12H11N3O6S. The van der Waals surface area contributed by atoms with Gasteiger partial charge in [0.05, 0.1) is 14.8 Å². The van der Waals surface area contributed by atoms with Gasteiger partial charge in [0, 0.05) is 31.5 Å². The third-order valence-corrected chi connectivity index (χ3v) is 4.02. The van der Waals surface area contributed by atoms with Crippen molar-refractivity contribution in [1.29, 1.82) is 0 Å². The van der Waals surface area contributed by atoms with Gasteiger partial charge in [-0.25, -0.2) is 0 Å². The van der Waals surface area contributed by atoms with Crippen molar-refractivity contribution in [2.45, 2.75) is 0 Å². The fourth-order valence-corrected chi connectivity index (χ4v) is 2.97. The normalized spacial score (nSPS) is 16.9. The van der Waals surface area contributed by atoms with Crippen molar-refractivity contribution in [3.05, 3.63) is 42.8 Å². The van der Waals surface area contributed by atoms with Crippen molar-refractivity contribution in [2.24, 2.45) is 0 Å². The van der Waals surface area contributed by atoms with E-state index in [1.54, 1.807) is 7.05 Å². The molecule has 0 saturated carbocycles. The Hall–Kier alpha value is -2.62. The first-order valence-corrected chi connectivity index (χ1v) is 7.05. The molecule has 1 saturated heterocycles. The lowest BCUT2D eigenvalue weighted by Gasteiger charge is -2.23. The lowest BCUT2D eigenvalue weighted by Crippen LogP contribution is -2.33. The molecule has 22 heavy (non-hydrogen) atoms. The summed E-state index contributed by atoms with van der Waals surface area (Å²) in [6.07, 6.45) is 1.35. The fourth-order valence-electron chi connectivity index (χ4n) is 1.89. The van der Waals surface area contributed by atoms with E-state index in [0.29, 0.717) is 17.2 Å². The van der Waals surface area contributed by atoms with E-state index in [4.69, 9.17) is 0 Å².